The number of nitrogens with zero attached hydrogens (tertiary/aromatic N) is 1. The van der Waals surface area contributed by atoms with E-state index >= 15 is 0 Å². The number of hydrogen-bond acceptors (Lipinski definition) is 3. The van der Waals surface area contributed by atoms with Crippen LogP contribution < -0.4 is 5.32 Å². The minimum atomic E-state index is -0.861. The van der Waals surface area contributed by atoms with E-state index in [4.69, 9.17) is 0 Å². The molecule has 0 spiro atoms. The van der Waals surface area contributed by atoms with Gasteiger partial charge in [0.15, 0.2) is 0 Å². The number of carbonyl (C=O) groups is 2. The third kappa shape index (κ3) is 2.48. The second kappa shape index (κ2) is 4.76. The summed E-state index contributed by atoms with van der Waals surface area (Å²) >= 11 is 0. The highest BCUT2D eigenvalue weighted by Gasteiger charge is 2.50. The molecule has 1 aromatic rings. The van der Waals surface area contributed by atoms with Gasteiger partial charge in [-0.1, -0.05) is 12.1 Å². The maximum atomic E-state index is 12.7. The highest BCUT2D eigenvalue weighted by atomic mass is 16.3. The summed E-state index contributed by atoms with van der Waals surface area (Å²) in [5, 5.41) is 12.2. The maximum Gasteiger partial charge on any atom is 0.246 e. The fraction of sp³-hybridized carbons (Fsp3) is 0.500. The first-order valence-electron chi connectivity index (χ1n) is 7.30. The summed E-state index contributed by atoms with van der Waals surface area (Å²) in [6.07, 6.45) is 2.01. The summed E-state index contributed by atoms with van der Waals surface area (Å²) in [4.78, 5) is 26.7. The first-order chi connectivity index (χ1) is 9.89. The molecular weight excluding hydrogens is 268 g/mol. The zero-order chi connectivity index (χ0) is 15.2. The first-order valence-corrected chi connectivity index (χ1v) is 7.30. The van der Waals surface area contributed by atoms with Gasteiger partial charge < -0.3 is 15.3 Å². The topological polar surface area (TPSA) is 69.6 Å². The van der Waals surface area contributed by atoms with E-state index in [9.17, 15) is 14.7 Å². The molecule has 3 rings (SSSR count). The van der Waals surface area contributed by atoms with Crippen LogP contribution in [0.25, 0.3) is 0 Å². The first kappa shape index (κ1) is 13.9. The fourth-order valence-corrected chi connectivity index (χ4v) is 2.75. The molecule has 1 saturated carbocycles. The molecule has 21 heavy (non-hydrogen) atoms. The van der Waals surface area contributed by atoms with Crippen LogP contribution >= 0.6 is 0 Å². The Morgan fingerprint density at radius 1 is 1.24 bits per heavy atom. The molecule has 0 aromatic heterocycles. The number of hydrogen-bond donors (Lipinski definition) is 2. The predicted octanol–water partition coefficient (Wildman–Crippen LogP) is 1.41. The average Bonchev–Trinajstić information content (AvgIpc) is 3.26. The van der Waals surface area contributed by atoms with Crippen LogP contribution in [0.1, 0.15) is 32.3 Å². The third-order valence-electron chi connectivity index (χ3n) is 4.42. The molecule has 1 aromatic carbocycles. The van der Waals surface area contributed by atoms with Crippen molar-refractivity contribution in [1.82, 2.24) is 10.2 Å². The molecule has 112 valence electrons. The number of phenols is 1. The van der Waals surface area contributed by atoms with Crippen molar-refractivity contribution in [3.63, 3.8) is 0 Å². The van der Waals surface area contributed by atoms with Gasteiger partial charge in [0.25, 0.3) is 0 Å². The van der Waals surface area contributed by atoms with Crippen LogP contribution in [-0.2, 0) is 16.1 Å². The Balaban J connectivity index is 1.86. The molecule has 1 aliphatic carbocycles. The molecule has 2 N–H and O–H groups in total. The lowest BCUT2D eigenvalue weighted by atomic mass is 9.93. The lowest BCUT2D eigenvalue weighted by Gasteiger charge is -2.44. The van der Waals surface area contributed by atoms with Gasteiger partial charge in [-0.05, 0) is 50.3 Å². The van der Waals surface area contributed by atoms with Crippen LogP contribution in [0.2, 0.25) is 0 Å². The summed E-state index contributed by atoms with van der Waals surface area (Å²) in [5.41, 5.74) is 0.0406. The van der Waals surface area contributed by atoms with Gasteiger partial charge in [0.2, 0.25) is 11.8 Å². The molecule has 5 nitrogen and oxygen atoms in total. The van der Waals surface area contributed by atoms with Crippen LogP contribution in [0.3, 0.4) is 0 Å². The summed E-state index contributed by atoms with van der Waals surface area (Å²) in [6.45, 7) is 3.91. The molecule has 2 aliphatic rings. The minimum Gasteiger partial charge on any atom is -0.508 e. The molecule has 1 heterocycles. The molecule has 1 saturated heterocycles. The van der Waals surface area contributed by atoms with Gasteiger partial charge in [-0.25, -0.2) is 0 Å². The number of piperazine rings is 1. The Kier molecular flexibility index (Phi) is 3.15. The van der Waals surface area contributed by atoms with Crippen LogP contribution in [0, 0.1) is 5.92 Å². The molecule has 1 unspecified atom stereocenters. The van der Waals surface area contributed by atoms with Crippen molar-refractivity contribution in [1.29, 1.82) is 0 Å². The third-order valence-corrected chi connectivity index (χ3v) is 4.42. The lowest BCUT2D eigenvalue weighted by molar-refractivity contribution is -0.156. The Morgan fingerprint density at radius 3 is 2.43 bits per heavy atom. The Bertz CT molecular complexity index is 576. The van der Waals surface area contributed by atoms with Crippen molar-refractivity contribution in [3.8, 4) is 5.75 Å². The quantitative estimate of drug-likeness (QED) is 0.883. The number of rotatable bonds is 3. The SMILES string of the molecule is CC1(C)C(=O)NC(C2CC2)C(=O)N1Cc1ccc(O)cc1. The van der Waals surface area contributed by atoms with Crippen molar-refractivity contribution >= 4 is 11.8 Å². The lowest BCUT2D eigenvalue weighted by Crippen LogP contribution is -2.68. The second-order valence-electron chi connectivity index (χ2n) is 6.44. The van der Waals surface area contributed by atoms with E-state index in [1.54, 1.807) is 43.0 Å². The number of amides is 2. The van der Waals surface area contributed by atoms with Crippen LogP contribution in [0.4, 0.5) is 0 Å². The van der Waals surface area contributed by atoms with E-state index in [-0.39, 0.29) is 23.6 Å². The van der Waals surface area contributed by atoms with Gasteiger partial charge in [-0.3, -0.25) is 9.59 Å². The van der Waals surface area contributed by atoms with E-state index in [0.717, 1.165) is 18.4 Å². The standard InChI is InChI=1S/C16H20N2O3/c1-16(2)15(21)17-13(11-5-6-11)14(20)18(16)9-10-3-7-12(19)8-4-10/h3-4,7-8,11,13,19H,5-6,9H2,1-2H3,(H,17,21). The van der Waals surface area contributed by atoms with Crippen molar-refractivity contribution < 1.29 is 14.7 Å². The van der Waals surface area contributed by atoms with Crippen LogP contribution in [-0.4, -0.2) is 33.4 Å². The van der Waals surface area contributed by atoms with Crippen molar-refractivity contribution in [2.45, 2.75) is 44.8 Å². The van der Waals surface area contributed by atoms with Crippen molar-refractivity contribution in [2.24, 2.45) is 5.92 Å². The number of phenolic OH excluding ortho intramolecular Hbond substituents is 1. The van der Waals surface area contributed by atoms with E-state index in [1.165, 1.54) is 0 Å². The van der Waals surface area contributed by atoms with E-state index in [1.807, 2.05) is 0 Å². The summed E-state index contributed by atoms with van der Waals surface area (Å²) < 4.78 is 0. The van der Waals surface area contributed by atoms with Gasteiger partial charge in [0.1, 0.15) is 17.3 Å². The van der Waals surface area contributed by atoms with Crippen molar-refractivity contribution in [2.75, 3.05) is 0 Å². The Morgan fingerprint density at radius 2 is 1.86 bits per heavy atom. The number of nitrogens with one attached hydrogen (secondary N) is 1. The largest absolute Gasteiger partial charge is 0.508 e. The van der Waals surface area contributed by atoms with Gasteiger partial charge in [0.05, 0.1) is 0 Å². The molecule has 2 amide bonds. The van der Waals surface area contributed by atoms with E-state index in [2.05, 4.69) is 5.32 Å². The highest BCUT2D eigenvalue weighted by molar-refractivity contribution is 5.99. The van der Waals surface area contributed by atoms with Gasteiger partial charge in [-0.15, -0.1) is 0 Å². The maximum absolute atomic E-state index is 12.7. The molecule has 0 radical (unpaired) electrons. The molecule has 2 fully saturated rings. The predicted molar refractivity (Wildman–Crippen MR) is 77.4 cm³/mol. The second-order valence-corrected chi connectivity index (χ2v) is 6.44. The molecule has 0 bridgehead atoms. The molecule has 1 atom stereocenters. The zero-order valence-corrected chi connectivity index (χ0v) is 12.3. The van der Waals surface area contributed by atoms with Crippen molar-refractivity contribution in [3.05, 3.63) is 29.8 Å². The summed E-state index contributed by atoms with van der Waals surface area (Å²) in [6, 6.07) is 6.36. The van der Waals surface area contributed by atoms with Gasteiger partial charge in [-0.2, -0.15) is 0 Å². The smallest absolute Gasteiger partial charge is 0.246 e. The van der Waals surface area contributed by atoms with Crippen LogP contribution in [0.5, 0.6) is 5.75 Å². The average molecular weight is 288 g/mol. The monoisotopic (exact) mass is 288 g/mol. The van der Waals surface area contributed by atoms with E-state index in [0.29, 0.717) is 12.5 Å². The number of aromatic hydroxyl groups is 1. The van der Waals surface area contributed by atoms with E-state index < -0.39 is 5.54 Å². The normalized spacial score (nSPS) is 24.9. The highest BCUT2D eigenvalue weighted by Crippen LogP contribution is 2.37. The Hall–Kier alpha value is -2.04. The Labute approximate surface area is 123 Å². The zero-order valence-electron chi connectivity index (χ0n) is 12.3. The molecular formula is C16H20N2O3. The van der Waals surface area contributed by atoms with Crippen LogP contribution in [0.15, 0.2) is 24.3 Å². The summed E-state index contributed by atoms with van der Waals surface area (Å²) in [7, 11) is 0. The summed E-state index contributed by atoms with van der Waals surface area (Å²) in [5.74, 6) is 0.379. The van der Waals surface area contributed by atoms with Gasteiger partial charge >= 0.3 is 0 Å². The minimum absolute atomic E-state index is 0.00447. The number of benzene rings is 1. The number of carbonyl (C=O) groups excluding carboxylic acids is 2. The van der Waals surface area contributed by atoms with Gasteiger partial charge in [0, 0.05) is 6.54 Å². The molecule has 1 aliphatic heterocycles. The fourth-order valence-electron chi connectivity index (χ4n) is 2.75. The molecule has 5 heteroatoms.